The molecule has 9 heteroatoms. The molecule has 0 unspecified atom stereocenters. The summed E-state index contributed by atoms with van der Waals surface area (Å²) in [7, 11) is 3.02. The largest absolute Gasteiger partial charge is 0.497 e. The van der Waals surface area contributed by atoms with Crippen LogP contribution in [0, 0.1) is 0 Å². The van der Waals surface area contributed by atoms with Gasteiger partial charge in [0.2, 0.25) is 0 Å². The van der Waals surface area contributed by atoms with E-state index < -0.39 is 17.8 Å². The number of halogens is 1. The van der Waals surface area contributed by atoms with Crippen LogP contribution in [0.25, 0.3) is 6.08 Å². The molecule has 1 fully saturated rings. The van der Waals surface area contributed by atoms with Crippen LogP contribution in [0.2, 0.25) is 0 Å². The molecule has 30 heavy (non-hydrogen) atoms. The predicted octanol–water partition coefficient (Wildman–Crippen LogP) is 3.53. The lowest BCUT2D eigenvalue weighted by Crippen LogP contribution is -2.54. The summed E-state index contributed by atoms with van der Waals surface area (Å²) >= 11 is 3.40. The molecule has 0 spiro atoms. The van der Waals surface area contributed by atoms with Gasteiger partial charge in [0.05, 0.1) is 31.0 Å². The second-order valence-electron chi connectivity index (χ2n) is 6.12. The number of urea groups is 1. The number of carbonyl (C=O) groups is 3. The Labute approximate surface area is 181 Å². The number of benzene rings is 2. The highest BCUT2D eigenvalue weighted by Crippen LogP contribution is 2.37. The van der Waals surface area contributed by atoms with Crippen molar-refractivity contribution in [1.82, 2.24) is 5.32 Å². The first-order valence-electron chi connectivity index (χ1n) is 8.95. The fraction of sp³-hybridized carbons (Fsp3) is 0.190. The number of methoxy groups -OCH3 is 2. The first kappa shape index (κ1) is 21.4. The molecule has 1 saturated heterocycles. The van der Waals surface area contributed by atoms with Crippen molar-refractivity contribution < 1.29 is 28.6 Å². The Morgan fingerprint density at radius 1 is 1.07 bits per heavy atom. The number of hydrogen-bond donors (Lipinski definition) is 1. The van der Waals surface area contributed by atoms with Gasteiger partial charge in [-0.05, 0) is 70.9 Å². The smallest absolute Gasteiger partial charge is 0.335 e. The third-order valence-electron chi connectivity index (χ3n) is 4.28. The minimum atomic E-state index is -0.821. The third-order valence-corrected chi connectivity index (χ3v) is 4.87. The Morgan fingerprint density at radius 2 is 1.77 bits per heavy atom. The van der Waals surface area contributed by atoms with E-state index in [2.05, 4.69) is 21.2 Å². The zero-order valence-corrected chi connectivity index (χ0v) is 18.1. The maximum absolute atomic E-state index is 13.0. The van der Waals surface area contributed by atoms with Crippen LogP contribution in [0.1, 0.15) is 12.5 Å². The molecule has 0 atom stereocenters. The molecule has 156 valence electrons. The molecule has 2 aromatic carbocycles. The molecule has 0 aromatic heterocycles. The molecule has 1 heterocycles. The summed E-state index contributed by atoms with van der Waals surface area (Å²) in [5, 5.41) is 2.19. The van der Waals surface area contributed by atoms with Crippen molar-refractivity contribution in [3.63, 3.8) is 0 Å². The maximum atomic E-state index is 13.0. The number of ether oxygens (including phenoxy) is 3. The quantitative estimate of drug-likeness (QED) is 0.508. The summed E-state index contributed by atoms with van der Waals surface area (Å²) < 4.78 is 16.6. The van der Waals surface area contributed by atoms with Crippen LogP contribution >= 0.6 is 15.9 Å². The SMILES string of the molecule is CCOc1cc(/C=C2\C(=O)NC(=O)N(c3ccc(OC)cc3)C2=O)cc(Br)c1OC. The number of nitrogens with zero attached hydrogens (tertiary/aromatic N) is 1. The fourth-order valence-electron chi connectivity index (χ4n) is 2.92. The van der Waals surface area contributed by atoms with E-state index in [0.29, 0.717) is 39.6 Å². The highest BCUT2D eigenvalue weighted by atomic mass is 79.9. The summed E-state index contributed by atoms with van der Waals surface area (Å²) in [4.78, 5) is 38.6. The molecular weight excluding hydrogens is 456 g/mol. The van der Waals surface area contributed by atoms with E-state index in [1.807, 2.05) is 6.92 Å². The Hall–Kier alpha value is -3.33. The first-order chi connectivity index (χ1) is 14.4. The molecule has 1 aliphatic heterocycles. The molecule has 0 saturated carbocycles. The highest BCUT2D eigenvalue weighted by Gasteiger charge is 2.36. The van der Waals surface area contributed by atoms with Gasteiger partial charge in [0.25, 0.3) is 11.8 Å². The lowest BCUT2D eigenvalue weighted by Gasteiger charge is -2.26. The number of imide groups is 2. The lowest BCUT2D eigenvalue weighted by atomic mass is 10.1. The second kappa shape index (κ2) is 9.00. The number of rotatable bonds is 6. The van der Waals surface area contributed by atoms with Gasteiger partial charge in [-0.15, -0.1) is 0 Å². The average molecular weight is 475 g/mol. The first-order valence-corrected chi connectivity index (χ1v) is 9.74. The van der Waals surface area contributed by atoms with Crippen molar-refractivity contribution in [3.8, 4) is 17.2 Å². The zero-order chi connectivity index (χ0) is 21.8. The number of nitrogens with one attached hydrogen (secondary N) is 1. The van der Waals surface area contributed by atoms with E-state index >= 15 is 0 Å². The highest BCUT2D eigenvalue weighted by molar-refractivity contribution is 9.10. The number of anilines is 1. The molecule has 2 aromatic rings. The Bertz CT molecular complexity index is 1030. The number of hydrogen-bond acceptors (Lipinski definition) is 6. The van der Waals surface area contributed by atoms with Gasteiger partial charge in [-0.2, -0.15) is 0 Å². The minimum absolute atomic E-state index is 0.190. The number of carbonyl (C=O) groups excluding carboxylic acids is 3. The maximum Gasteiger partial charge on any atom is 0.335 e. The summed E-state index contributed by atoms with van der Waals surface area (Å²) in [6.07, 6.45) is 1.40. The number of amides is 4. The van der Waals surface area contributed by atoms with Crippen LogP contribution in [-0.2, 0) is 9.59 Å². The Balaban J connectivity index is 2.02. The normalized spacial score (nSPS) is 15.3. The standard InChI is InChI=1S/C21H19BrN2O6/c1-4-30-17-11-12(10-16(22)18(17)29-3)9-15-19(25)23-21(27)24(20(15)26)13-5-7-14(28-2)8-6-13/h5-11H,4H2,1-3H3,(H,23,25,27)/b15-9+. The summed E-state index contributed by atoms with van der Waals surface area (Å²) in [5.74, 6) is 0.00177. The van der Waals surface area contributed by atoms with Gasteiger partial charge in [0.1, 0.15) is 11.3 Å². The molecule has 0 aliphatic carbocycles. The zero-order valence-electron chi connectivity index (χ0n) is 16.5. The van der Waals surface area contributed by atoms with E-state index in [1.165, 1.54) is 20.3 Å². The van der Waals surface area contributed by atoms with E-state index in [9.17, 15) is 14.4 Å². The van der Waals surface area contributed by atoms with Crippen molar-refractivity contribution in [2.75, 3.05) is 25.7 Å². The van der Waals surface area contributed by atoms with Crippen LogP contribution < -0.4 is 24.4 Å². The van der Waals surface area contributed by atoms with Crippen molar-refractivity contribution in [3.05, 3.63) is 52.0 Å². The number of barbiturate groups is 1. The van der Waals surface area contributed by atoms with Crippen LogP contribution in [0.5, 0.6) is 17.2 Å². The second-order valence-corrected chi connectivity index (χ2v) is 6.98. The molecule has 8 nitrogen and oxygen atoms in total. The van der Waals surface area contributed by atoms with Gasteiger partial charge in [-0.25, -0.2) is 9.69 Å². The topological polar surface area (TPSA) is 94.2 Å². The molecule has 1 N–H and O–H groups in total. The van der Waals surface area contributed by atoms with Crippen LogP contribution in [0.3, 0.4) is 0 Å². The fourth-order valence-corrected chi connectivity index (χ4v) is 3.54. The third kappa shape index (κ3) is 4.16. The molecule has 3 rings (SSSR count). The monoisotopic (exact) mass is 474 g/mol. The van der Waals surface area contributed by atoms with Gasteiger partial charge < -0.3 is 14.2 Å². The Kier molecular flexibility index (Phi) is 6.41. The Morgan fingerprint density at radius 3 is 2.37 bits per heavy atom. The molecule has 0 bridgehead atoms. The van der Waals surface area contributed by atoms with Gasteiger partial charge in [-0.3, -0.25) is 14.9 Å². The summed E-state index contributed by atoms with van der Waals surface area (Å²) in [6.45, 7) is 2.23. The molecular formula is C21H19BrN2O6. The molecule has 1 aliphatic rings. The minimum Gasteiger partial charge on any atom is -0.497 e. The van der Waals surface area contributed by atoms with E-state index in [0.717, 1.165) is 4.90 Å². The lowest BCUT2D eigenvalue weighted by molar-refractivity contribution is -0.122. The van der Waals surface area contributed by atoms with Crippen LogP contribution in [0.15, 0.2) is 46.4 Å². The summed E-state index contributed by atoms with van der Waals surface area (Å²) in [5.41, 5.74) is 0.640. The predicted molar refractivity (Wildman–Crippen MR) is 114 cm³/mol. The van der Waals surface area contributed by atoms with E-state index in [-0.39, 0.29) is 5.57 Å². The molecule has 0 radical (unpaired) electrons. The summed E-state index contributed by atoms with van der Waals surface area (Å²) in [6, 6.07) is 8.85. The van der Waals surface area contributed by atoms with Gasteiger partial charge in [0, 0.05) is 0 Å². The van der Waals surface area contributed by atoms with Crippen molar-refractivity contribution >= 4 is 45.5 Å². The van der Waals surface area contributed by atoms with Crippen LogP contribution in [0.4, 0.5) is 10.5 Å². The van der Waals surface area contributed by atoms with Crippen molar-refractivity contribution in [2.24, 2.45) is 0 Å². The van der Waals surface area contributed by atoms with E-state index in [4.69, 9.17) is 14.2 Å². The van der Waals surface area contributed by atoms with Gasteiger partial charge >= 0.3 is 6.03 Å². The van der Waals surface area contributed by atoms with Crippen molar-refractivity contribution in [1.29, 1.82) is 0 Å². The average Bonchev–Trinajstić information content (AvgIpc) is 2.71. The van der Waals surface area contributed by atoms with Gasteiger partial charge in [0.15, 0.2) is 11.5 Å². The van der Waals surface area contributed by atoms with Crippen molar-refractivity contribution in [2.45, 2.75) is 6.92 Å². The van der Waals surface area contributed by atoms with E-state index in [1.54, 1.807) is 36.4 Å². The molecule has 4 amide bonds. The van der Waals surface area contributed by atoms with Crippen LogP contribution in [-0.4, -0.2) is 38.7 Å². The van der Waals surface area contributed by atoms with Gasteiger partial charge in [-0.1, -0.05) is 0 Å².